The van der Waals surface area contributed by atoms with Crippen LogP contribution >= 0.6 is 12.2 Å². The van der Waals surface area contributed by atoms with Crippen LogP contribution in [0.1, 0.15) is 25.8 Å². The first-order chi connectivity index (χ1) is 5.74. The number of hydrogen-bond acceptors (Lipinski definition) is 3. The van der Waals surface area contributed by atoms with Gasteiger partial charge < -0.3 is 5.73 Å². The monoisotopic (exact) mass is 184 g/mol. The molecule has 0 aromatic carbocycles. The van der Waals surface area contributed by atoms with Crippen molar-refractivity contribution >= 4 is 17.2 Å². The van der Waals surface area contributed by atoms with Crippen LogP contribution in [0.25, 0.3) is 0 Å². The number of aromatic nitrogens is 3. The number of hydrogen-bond donors (Lipinski definition) is 1. The minimum Gasteiger partial charge on any atom is -0.393 e. The number of rotatable bonds is 4. The van der Waals surface area contributed by atoms with Crippen LogP contribution in [0.15, 0.2) is 12.7 Å². The smallest absolute Gasteiger partial charge is 0.137 e. The Bertz CT molecular complexity index is 244. The van der Waals surface area contributed by atoms with Gasteiger partial charge in [0, 0.05) is 6.42 Å². The van der Waals surface area contributed by atoms with E-state index in [1.54, 1.807) is 11.0 Å². The second-order valence-electron chi connectivity index (χ2n) is 2.61. The van der Waals surface area contributed by atoms with Crippen molar-refractivity contribution in [2.75, 3.05) is 0 Å². The molecule has 0 aliphatic rings. The molecule has 0 saturated carbocycles. The van der Waals surface area contributed by atoms with Crippen LogP contribution in [0.4, 0.5) is 0 Å². The zero-order valence-corrected chi connectivity index (χ0v) is 7.79. The fourth-order valence-corrected chi connectivity index (χ4v) is 1.26. The van der Waals surface area contributed by atoms with Crippen LogP contribution < -0.4 is 5.73 Å². The van der Waals surface area contributed by atoms with E-state index in [0.29, 0.717) is 11.4 Å². The normalized spacial score (nSPS) is 12.8. The van der Waals surface area contributed by atoms with Gasteiger partial charge in [-0.05, 0) is 6.42 Å². The van der Waals surface area contributed by atoms with Crippen LogP contribution in [-0.2, 0) is 0 Å². The summed E-state index contributed by atoms with van der Waals surface area (Å²) in [5.41, 5.74) is 5.44. The summed E-state index contributed by atoms with van der Waals surface area (Å²) < 4.78 is 1.79. The number of nitrogens with zero attached hydrogens (tertiary/aromatic N) is 3. The molecule has 0 radical (unpaired) electrons. The highest BCUT2D eigenvalue weighted by Crippen LogP contribution is 2.12. The first kappa shape index (κ1) is 9.12. The highest BCUT2D eigenvalue weighted by Gasteiger charge is 2.09. The van der Waals surface area contributed by atoms with E-state index in [-0.39, 0.29) is 6.04 Å². The maximum Gasteiger partial charge on any atom is 0.137 e. The van der Waals surface area contributed by atoms with E-state index in [1.165, 1.54) is 6.33 Å². The zero-order chi connectivity index (χ0) is 8.97. The Labute approximate surface area is 76.8 Å². The molecule has 1 aromatic rings. The van der Waals surface area contributed by atoms with Gasteiger partial charge in [-0.2, -0.15) is 5.10 Å². The second kappa shape index (κ2) is 4.15. The quantitative estimate of drug-likeness (QED) is 0.706. The lowest BCUT2D eigenvalue weighted by Gasteiger charge is -2.12. The molecule has 5 heteroatoms. The fourth-order valence-electron chi connectivity index (χ4n) is 1.06. The van der Waals surface area contributed by atoms with Gasteiger partial charge in [-0.15, -0.1) is 0 Å². The molecule has 0 spiro atoms. The molecule has 1 atom stereocenters. The van der Waals surface area contributed by atoms with E-state index in [1.807, 2.05) is 0 Å². The van der Waals surface area contributed by atoms with Gasteiger partial charge in [0.2, 0.25) is 0 Å². The van der Waals surface area contributed by atoms with E-state index in [9.17, 15) is 0 Å². The van der Waals surface area contributed by atoms with Crippen molar-refractivity contribution in [3.8, 4) is 0 Å². The zero-order valence-electron chi connectivity index (χ0n) is 6.97. The molecule has 1 unspecified atom stereocenters. The molecular weight excluding hydrogens is 172 g/mol. The molecule has 0 bridgehead atoms. The Hall–Kier alpha value is -0.970. The molecule has 0 amide bonds. The van der Waals surface area contributed by atoms with E-state index in [2.05, 4.69) is 17.0 Å². The highest BCUT2D eigenvalue weighted by atomic mass is 32.1. The molecule has 0 aliphatic carbocycles. The molecule has 4 nitrogen and oxygen atoms in total. The third-order valence-corrected chi connectivity index (χ3v) is 1.89. The van der Waals surface area contributed by atoms with Crippen LogP contribution in [0, 0.1) is 0 Å². The van der Waals surface area contributed by atoms with Crippen molar-refractivity contribution in [3.05, 3.63) is 12.7 Å². The van der Waals surface area contributed by atoms with Crippen molar-refractivity contribution in [1.29, 1.82) is 0 Å². The van der Waals surface area contributed by atoms with Crippen LogP contribution in [0.3, 0.4) is 0 Å². The summed E-state index contributed by atoms with van der Waals surface area (Å²) in [4.78, 5) is 4.39. The average molecular weight is 184 g/mol. The van der Waals surface area contributed by atoms with Gasteiger partial charge in [-0.1, -0.05) is 19.1 Å². The largest absolute Gasteiger partial charge is 0.393 e. The van der Waals surface area contributed by atoms with Gasteiger partial charge in [0.15, 0.2) is 0 Å². The molecule has 66 valence electrons. The highest BCUT2D eigenvalue weighted by molar-refractivity contribution is 7.80. The minimum atomic E-state index is 0.255. The summed E-state index contributed by atoms with van der Waals surface area (Å²) in [5, 5.41) is 4.03. The van der Waals surface area contributed by atoms with Crippen molar-refractivity contribution in [2.24, 2.45) is 5.73 Å². The third kappa shape index (κ3) is 2.27. The van der Waals surface area contributed by atoms with E-state index < -0.39 is 0 Å². The molecule has 1 rings (SSSR count). The van der Waals surface area contributed by atoms with Crippen LogP contribution in [0.2, 0.25) is 0 Å². The van der Waals surface area contributed by atoms with Crippen LogP contribution in [0.5, 0.6) is 0 Å². The van der Waals surface area contributed by atoms with Gasteiger partial charge in [-0.25, -0.2) is 9.67 Å². The molecule has 12 heavy (non-hydrogen) atoms. The molecule has 0 saturated heterocycles. The van der Waals surface area contributed by atoms with Crippen molar-refractivity contribution in [1.82, 2.24) is 14.8 Å². The Morgan fingerprint density at radius 2 is 2.50 bits per heavy atom. The average Bonchev–Trinajstić information content (AvgIpc) is 2.51. The predicted molar refractivity (Wildman–Crippen MR) is 50.8 cm³/mol. The Balaban J connectivity index is 2.63. The Morgan fingerprint density at radius 1 is 1.75 bits per heavy atom. The number of thiocarbonyl (C=S) groups is 1. The first-order valence-electron chi connectivity index (χ1n) is 3.86. The number of nitrogens with two attached hydrogens (primary N) is 1. The van der Waals surface area contributed by atoms with Gasteiger partial charge in [0.05, 0.1) is 11.0 Å². The molecular formula is C7H12N4S. The van der Waals surface area contributed by atoms with E-state index >= 15 is 0 Å². The minimum absolute atomic E-state index is 0.255. The molecule has 2 N–H and O–H groups in total. The lowest BCUT2D eigenvalue weighted by Crippen LogP contribution is -2.17. The maximum absolute atomic E-state index is 5.44. The van der Waals surface area contributed by atoms with Crippen molar-refractivity contribution < 1.29 is 0 Å². The lowest BCUT2D eigenvalue weighted by molar-refractivity contribution is 0.454. The van der Waals surface area contributed by atoms with Crippen LogP contribution in [-0.4, -0.2) is 19.8 Å². The van der Waals surface area contributed by atoms with Crippen molar-refractivity contribution in [2.45, 2.75) is 25.8 Å². The third-order valence-electron chi connectivity index (χ3n) is 1.72. The summed E-state index contributed by atoms with van der Waals surface area (Å²) >= 11 is 4.83. The molecule has 0 fully saturated rings. The Morgan fingerprint density at radius 3 is 2.92 bits per heavy atom. The van der Waals surface area contributed by atoms with Gasteiger partial charge in [0.25, 0.3) is 0 Å². The molecule has 1 heterocycles. The lowest BCUT2D eigenvalue weighted by atomic mass is 10.1. The summed E-state index contributed by atoms with van der Waals surface area (Å²) in [6.45, 7) is 2.07. The first-order valence-corrected chi connectivity index (χ1v) is 4.27. The SMILES string of the molecule is CCC(CC(N)=S)n1cncn1. The van der Waals surface area contributed by atoms with Gasteiger partial charge in [0.1, 0.15) is 12.7 Å². The second-order valence-corrected chi connectivity index (χ2v) is 3.13. The Kier molecular flexibility index (Phi) is 3.16. The van der Waals surface area contributed by atoms with Crippen molar-refractivity contribution in [3.63, 3.8) is 0 Å². The molecule has 1 aromatic heterocycles. The standard InChI is InChI=1S/C7H12N4S/c1-2-6(3-7(8)12)11-5-9-4-10-11/h4-6H,2-3H2,1H3,(H2,8,12). The summed E-state index contributed by atoms with van der Waals surface area (Å²) in [6.07, 6.45) is 4.85. The summed E-state index contributed by atoms with van der Waals surface area (Å²) in [5.74, 6) is 0. The topological polar surface area (TPSA) is 56.7 Å². The van der Waals surface area contributed by atoms with Gasteiger partial charge in [-0.3, -0.25) is 0 Å². The fraction of sp³-hybridized carbons (Fsp3) is 0.571. The summed E-state index contributed by atoms with van der Waals surface area (Å²) in [7, 11) is 0. The van der Waals surface area contributed by atoms with E-state index in [0.717, 1.165) is 6.42 Å². The summed E-state index contributed by atoms with van der Waals surface area (Å²) in [6, 6.07) is 0.255. The van der Waals surface area contributed by atoms with Gasteiger partial charge >= 0.3 is 0 Å². The predicted octanol–water partition coefficient (Wildman–Crippen LogP) is 0.905. The molecule has 0 aliphatic heterocycles. The maximum atomic E-state index is 5.44. The van der Waals surface area contributed by atoms with E-state index in [4.69, 9.17) is 18.0 Å².